The summed E-state index contributed by atoms with van der Waals surface area (Å²) >= 11 is 0. The van der Waals surface area contributed by atoms with E-state index in [-0.39, 0.29) is 12.0 Å². The van der Waals surface area contributed by atoms with Gasteiger partial charge in [0.15, 0.2) is 0 Å². The molecule has 2 aliphatic heterocycles. The number of anilines is 1. The van der Waals surface area contributed by atoms with Crippen molar-refractivity contribution in [2.45, 2.75) is 50.2 Å². The highest BCUT2D eigenvalue weighted by atomic mass is 16.5. The van der Waals surface area contributed by atoms with E-state index in [9.17, 15) is 9.90 Å². The minimum atomic E-state index is -0.699. The Morgan fingerprint density at radius 1 is 1.20 bits per heavy atom. The summed E-state index contributed by atoms with van der Waals surface area (Å²) < 4.78 is 5.62. The van der Waals surface area contributed by atoms with E-state index in [4.69, 9.17) is 4.74 Å². The largest absolute Gasteiger partial charge is 0.481 e. The van der Waals surface area contributed by atoms with E-state index in [2.05, 4.69) is 41.5 Å². The number of piperidine rings is 1. The average Bonchev–Trinajstić information content (AvgIpc) is 3.27. The fourth-order valence-corrected chi connectivity index (χ4v) is 4.99. The number of carboxylic acids is 1. The summed E-state index contributed by atoms with van der Waals surface area (Å²) in [7, 11) is 2.05. The van der Waals surface area contributed by atoms with Gasteiger partial charge in [0.2, 0.25) is 0 Å². The van der Waals surface area contributed by atoms with E-state index in [0.717, 1.165) is 11.3 Å². The second kappa shape index (κ2) is 6.96. The molecule has 0 amide bonds. The molecule has 3 aliphatic rings. The van der Waals surface area contributed by atoms with Crippen molar-refractivity contribution in [1.82, 2.24) is 4.90 Å². The molecule has 2 N–H and O–H groups in total. The molecule has 0 radical (unpaired) electrons. The molecule has 4 rings (SSSR count). The Morgan fingerprint density at radius 2 is 1.92 bits per heavy atom. The molecule has 1 aromatic rings. The van der Waals surface area contributed by atoms with Gasteiger partial charge in [-0.25, -0.2) is 0 Å². The predicted octanol–water partition coefficient (Wildman–Crippen LogP) is 3.13. The van der Waals surface area contributed by atoms with Crippen molar-refractivity contribution in [2.24, 2.45) is 11.8 Å². The zero-order valence-corrected chi connectivity index (χ0v) is 14.9. The van der Waals surface area contributed by atoms with Gasteiger partial charge in [0, 0.05) is 29.7 Å². The van der Waals surface area contributed by atoms with Crippen molar-refractivity contribution in [1.29, 1.82) is 0 Å². The van der Waals surface area contributed by atoms with Crippen molar-refractivity contribution in [2.75, 3.05) is 25.6 Å². The summed E-state index contributed by atoms with van der Waals surface area (Å²) in [5.41, 5.74) is 2.24. The van der Waals surface area contributed by atoms with E-state index in [0.29, 0.717) is 37.6 Å². The van der Waals surface area contributed by atoms with Crippen molar-refractivity contribution in [3.8, 4) is 0 Å². The highest BCUT2D eigenvalue weighted by Gasteiger charge is 2.47. The molecule has 25 heavy (non-hydrogen) atoms. The van der Waals surface area contributed by atoms with Gasteiger partial charge < -0.3 is 15.2 Å². The number of carbonyl (C=O) groups is 1. The molecule has 2 saturated heterocycles. The van der Waals surface area contributed by atoms with Crippen molar-refractivity contribution in [3.63, 3.8) is 0 Å². The zero-order chi connectivity index (χ0) is 17.4. The van der Waals surface area contributed by atoms with Crippen LogP contribution in [0.1, 0.15) is 43.7 Å². The molecular formula is C20H28N2O3. The average molecular weight is 344 g/mol. The van der Waals surface area contributed by atoms with Gasteiger partial charge in [-0.3, -0.25) is 9.69 Å². The smallest absolute Gasteiger partial charge is 0.308 e. The molecule has 0 spiro atoms. The van der Waals surface area contributed by atoms with Crippen molar-refractivity contribution in [3.05, 3.63) is 29.8 Å². The Kier molecular flexibility index (Phi) is 4.69. The molecule has 5 heteroatoms. The van der Waals surface area contributed by atoms with Gasteiger partial charge in [0.25, 0.3) is 0 Å². The van der Waals surface area contributed by atoms with Gasteiger partial charge in [-0.15, -0.1) is 0 Å². The third-order valence-corrected chi connectivity index (χ3v) is 6.36. The van der Waals surface area contributed by atoms with Crippen LogP contribution in [-0.2, 0) is 9.53 Å². The number of aliphatic carboxylic acids is 1. The van der Waals surface area contributed by atoms with Crippen LogP contribution in [0.25, 0.3) is 0 Å². The molecular weight excluding hydrogens is 316 g/mol. The quantitative estimate of drug-likeness (QED) is 0.879. The summed E-state index contributed by atoms with van der Waals surface area (Å²) in [4.78, 5) is 14.1. The number of hydrogen-bond donors (Lipinski definition) is 2. The van der Waals surface area contributed by atoms with Crippen LogP contribution in [0.3, 0.4) is 0 Å². The number of benzene rings is 1. The summed E-state index contributed by atoms with van der Waals surface area (Å²) in [5, 5.41) is 13.4. The Labute approximate surface area is 149 Å². The monoisotopic (exact) mass is 344 g/mol. The Hall–Kier alpha value is -1.59. The Bertz CT molecular complexity index is 612. The first kappa shape index (κ1) is 16.9. The van der Waals surface area contributed by atoms with E-state index in [1.807, 2.05) is 0 Å². The first-order valence-electron chi connectivity index (χ1n) is 9.52. The summed E-state index contributed by atoms with van der Waals surface area (Å²) in [5.74, 6) is -0.734. The van der Waals surface area contributed by atoms with Crippen LogP contribution in [-0.4, -0.2) is 48.3 Å². The Morgan fingerprint density at radius 3 is 2.60 bits per heavy atom. The fourth-order valence-electron chi connectivity index (χ4n) is 4.99. The topological polar surface area (TPSA) is 61.8 Å². The lowest BCUT2D eigenvalue weighted by atomic mass is 9.77. The van der Waals surface area contributed by atoms with E-state index in [1.165, 1.54) is 25.7 Å². The fraction of sp³-hybridized carbons (Fsp3) is 0.650. The summed E-state index contributed by atoms with van der Waals surface area (Å²) in [6.45, 7) is 1.40. The molecule has 1 aliphatic carbocycles. The highest BCUT2D eigenvalue weighted by molar-refractivity contribution is 5.71. The first-order chi connectivity index (χ1) is 12.1. The van der Waals surface area contributed by atoms with Gasteiger partial charge in [0.1, 0.15) is 0 Å². The number of carboxylic acid groups (broad SMARTS) is 1. The lowest BCUT2D eigenvalue weighted by Crippen LogP contribution is -2.50. The van der Waals surface area contributed by atoms with Gasteiger partial charge in [-0.2, -0.15) is 0 Å². The van der Waals surface area contributed by atoms with Crippen LogP contribution in [0.2, 0.25) is 0 Å². The Balaban J connectivity index is 1.54. The third-order valence-electron chi connectivity index (χ3n) is 6.36. The highest BCUT2D eigenvalue weighted by Crippen LogP contribution is 2.43. The van der Waals surface area contributed by atoms with Gasteiger partial charge in [0.05, 0.1) is 19.1 Å². The van der Waals surface area contributed by atoms with Gasteiger partial charge >= 0.3 is 5.97 Å². The van der Waals surface area contributed by atoms with E-state index in [1.54, 1.807) is 0 Å². The standard InChI is InChI=1S/C20H28N2O3/c1-22-18-12-25-11-14(18)10-17(20(23)24)19(22)13-6-8-16(9-7-13)21-15-4-2-3-5-15/h6-9,14-15,17-19,21H,2-5,10-12H2,1H3,(H,23,24)/t14-,17-,18+,19-/m0/s1. The van der Waals surface area contributed by atoms with Crippen molar-refractivity contribution >= 4 is 11.7 Å². The van der Waals surface area contributed by atoms with Crippen LogP contribution >= 0.6 is 0 Å². The van der Waals surface area contributed by atoms with Gasteiger partial charge in [-0.05, 0) is 44.0 Å². The van der Waals surface area contributed by atoms with E-state index < -0.39 is 5.97 Å². The molecule has 3 fully saturated rings. The molecule has 5 nitrogen and oxygen atoms in total. The number of nitrogens with one attached hydrogen (secondary N) is 1. The molecule has 0 bridgehead atoms. The molecule has 0 unspecified atom stereocenters. The van der Waals surface area contributed by atoms with Crippen LogP contribution in [0.5, 0.6) is 0 Å². The minimum Gasteiger partial charge on any atom is -0.481 e. The normalized spacial score (nSPS) is 33.3. The number of fused-ring (bicyclic) bond motifs is 1. The number of likely N-dealkylation sites (N-methyl/N-ethyl adjacent to an activating group) is 1. The number of rotatable bonds is 4. The molecule has 1 aromatic carbocycles. The number of hydrogen-bond acceptors (Lipinski definition) is 4. The van der Waals surface area contributed by atoms with Crippen LogP contribution < -0.4 is 5.32 Å². The number of ether oxygens (including phenoxy) is 1. The number of nitrogens with zero attached hydrogens (tertiary/aromatic N) is 1. The maximum Gasteiger partial charge on any atom is 0.308 e. The van der Waals surface area contributed by atoms with Crippen LogP contribution in [0.15, 0.2) is 24.3 Å². The predicted molar refractivity (Wildman–Crippen MR) is 96.7 cm³/mol. The second-order valence-corrected chi connectivity index (χ2v) is 7.90. The molecule has 136 valence electrons. The third kappa shape index (κ3) is 3.27. The second-order valence-electron chi connectivity index (χ2n) is 7.90. The van der Waals surface area contributed by atoms with E-state index >= 15 is 0 Å². The summed E-state index contributed by atoms with van der Waals surface area (Å²) in [6.07, 6.45) is 5.83. The van der Waals surface area contributed by atoms with Gasteiger partial charge in [-0.1, -0.05) is 25.0 Å². The van der Waals surface area contributed by atoms with Crippen LogP contribution in [0, 0.1) is 11.8 Å². The molecule has 0 aromatic heterocycles. The minimum absolute atomic E-state index is 0.0824. The SMILES string of the molecule is CN1[C@@H]2COC[C@@H]2C[C@H](C(=O)O)[C@@H]1c1ccc(NC2CCCC2)cc1. The van der Waals surface area contributed by atoms with Crippen LogP contribution in [0.4, 0.5) is 5.69 Å². The molecule has 2 heterocycles. The molecule has 4 atom stereocenters. The van der Waals surface area contributed by atoms with Crippen molar-refractivity contribution < 1.29 is 14.6 Å². The zero-order valence-electron chi connectivity index (χ0n) is 14.9. The summed E-state index contributed by atoms with van der Waals surface area (Å²) in [6, 6.07) is 9.26. The molecule has 1 saturated carbocycles. The number of likely N-dealkylation sites (tertiary alicyclic amines) is 1. The lowest BCUT2D eigenvalue weighted by molar-refractivity contribution is -0.148. The maximum absolute atomic E-state index is 11.9. The first-order valence-corrected chi connectivity index (χ1v) is 9.52. The maximum atomic E-state index is 11.9. The lowest BCUT2D eigenvalue weighted by Gasteiger charge is -2.44.